The molecule has 0 N–H and O–H groups in total. The maximum absolute atomic E-state index is 11.8. The van der Waals surface area contributed by atoms with Crippen LogP contribution in [-0.4, -0.2) is 29.9 Å². The molecule has 4 nitrogen and oxygen atoms in total. The van der Waals surface area contributed by atoms with Gasteiger partial charge in [-0.1, -0.05) is 65.3 Å². The Morgan fingerprint density at radius 1 is 1.00 bits per heavy atom. The Morgan fingerprint density at radius 3 is 1.85 bits per heavy atom. The number of nitrogens with zero attached hydrogens (tertiary/aromatic N) is 1. The highest BCUT2D eigenvalue weighted by Crippen LogP contribution is 2.26. The Balaban J connectivity index is 0. The Kier molecular flexibility index (Phi) is 18.7. The largest absolute Gasteiger partial charge is 0.462 e. The lowest BCUT2D eigenvalue weighted by molar-refractivity contribution is 0.0525. The predicted molar refractivity (Wildman–Crippen MR) is 149 cm³/mol. The minimum absolute atomic E-state index is 0.216. The van der Waals surface area contributed by atoms with Crippen molar-refractivity contribution in [1.82, 2.24) is 4.57 Å². The first-order chi connectivity index (χ1) is 15.6. The first-order valence-corrected chi connectivity index (χ1v) is 13.0. The summed E-state index contributed by atoms with van der Waals surface area (Å²) >= 11 is 0. The molecule has 1 rings (SSSR count). The van der Waals surface area contributed by atoms with E-state index in [0.29, 0.717) is 42.1 Å². The fourth-order valence-electron chi connectivity index (χ4n) is 3.05. The quantitative estimate of drug-likeness (QED) is 0.263. The molecule has 0 unspecified atom stereocenters. The van der Waals surface area contributed by atoms with E-state index < -0.39 is 0 Å². The van der Waals surface area contributed by atoms with Crippen LogP contribution >= 0.6 is 0 Å². The van der Waals surface area contributed by atoms with Crippen LogP contribution in [0, 0.1) is 18.8 Å². The number of hydrogen-bond donors (Lipinski definition) is 0. The van der Waals surface area contributed by atoms with Gasteiger partial charge in [-0.05, 0) is 79.2 Å². The second-order valence-corrected chi connectivity index (χ2v) is 10.6. The predicted octanol–water partition coefficient (Wildman–Crippen LogP) is 8.91. The van der Waals surface area contributed by atoms with Gasteiger partial charge >= 0.3 is 5.97 Å². The van der Waals surface area contributed by atoms with Crippen molar-refractivity contribution in [3.05, 3.63) is 46.8 Å². The molecule has 198 valence electrons. The minimum Gasteiger partial charge on any atom is -0.462 e. The third-order valence-corrected chi connectivity index (χ3v) is 4.61. The van der Waals surface area contributed by atoms with Crippen LogP contribution in [0.3, 0.4) is 0 Å². The second kappa shape index (κ2) is 18.5. The van der Waals surface area contributed by atoms with Gasteiger partial charge in [-0.2, -0.15) is 0 Å². The number of esters is 1. The molecule has 0 fully saturated rings. The van der Waals surface area contributed by atoms with Gasteiger partial charge in [0.2, 0.25) is 0 Å². The summed E-state index contributed by atoms with van der Waals surface area (Å²) in [4.78, 5) is 11.8. The lowest BCUT2D eigenvalue weighted by Gasteiger charge is -2.17. The summed E-state index contributed by atoms with van der Waals surface area (Å²) in [5, 5.41) is 0. The smallest absolute Gasteiger partial charge is 0.339 e. The van der Waals surface area contributed by atoms with Crippen molar-refractivity contribution >= 4 is 5.97 Å². The van der Waals surface area contributed by atoms with Crippen molar-refractivity contribution in [3.8, 4) is 0 Å². The van der Waals surface area contributed by atoms with Crippen LogP contribution in [0.5, 0.6) is 0 Å². The Labute approximate surface area is 211 Å². The maximum atomic E-state index is 11.8. The van der Waals surface area contributed by atoms with E-state index in [0.717, 1.165) is 12.3 Å². The molecule has 1 heterocycles. The highest BCUT2D eigenvalue weighted by atomic mass is 16.5. The zero-order valence-corrected chi connectivity index (χ0v) is 24.8. The van der Waals surface area contributed by atoms with E-state index in [-0.39, 0.29) is 5.97 Å². The van der Waals surface area contributed by atoms with Crippen LogP contribution in [-0.2, 0) is 9.47 Å². The fraction of sp³-hybridized carbons (Fsp3) is 0.700. The summed E-state index contributed by atoms with van der Waals surface area (Å²) < 4.78 is 12.6. The first-order valence-electron chi connectivity index (χ1n) is 13.0. The number of carbonyl (C=O) groups is 1. The van der Waals surface area contributed by atoms with Gasteiger partial charge in [-0.15, -0.1) is 0 Å². The molecule has 0 aliphatic rings. The Morgan fingerprint density at radius 2 is 1.56 bits per heavy atom. The highest BCUT2D eigenvalue weighted by Gasteiger charge is 2.21. The third-order valence-electron chi connectivity index (χ3n) is 4.61. The number of hydrogen-bond acceptors (Lipinski definition) is 3. The monoisotopic (exact) mass is 477 g/mol. The van der Waals surface area contributed by atoms with Crippen LogP contribution in [0.25, 0.3) is 0 Å². The lowest BCUT2D eigenvalue weighted by Crippen LogP contribution is -2.10. The van der Waals surface area contributed by atoms with Gasteiger partial charge in [-0.25, -0.2) is 4.79 Å². The van der Waals surface area contributed by atoms with Gasteiger partial charge in [0.25, 0.3) is 0 Å². The summed E-state index contributed by atoms with van der Waals surface area (Å²) in [6, 6.07) is 2.33. The van der Waals surface area contributed by atoms with E-state index in [2.05, 4.69) is 106 Å². The number of ether oxygens (including phenoxy) is 2. The van der Waals surface area contributed by atoms with Gasteiger partial charge in [0.05, 0.1) is 18.3 Å². The molecular formula is C30H55NO3. The number of aromatic nitrogens is 1. The van der Waals surface area contributed by atoms with E-state index in [9.17, 15) is 4.79 Å². The van der Waals surface area contributed by atoms with Crippen molar-refractivity contribution in [1.29, 1.82) is 0 Å². The molecule has 0 aromatic carbocycles. The molecule has 0 radical (unpaired) electrons. The fourth-order valence-corrected chi connectivity index (χ4v) is 3.05. The van der Waals surface area contributed by atoms with Crippen LogP contribution in [0.1, 0.15) is 124 Å². The van der Waals surface area contributed by atoms with Crippen molar-refractivity contribution in [2.45, 2.75) is 115 Å². The Bertz CT molecular complexity index is 722. The molecule has 0 aliphatic carbocycles. The molecule has 1 aromatic heterocycles. The lowest BCUT2D eigenvalue weighted by atomic mass is 10.1. The number of rotatable bonds is 9. The molecule has 1 aromatic rings. The molecule has 0 saturated heterocycles. The summed E-state index contributed by atoms with van der Waals surface area (Å²) in [7, 11) is 0. The topological polar surface area (TPSA) is 40.5 Å². The molecule has 4 heteroatoms. The molecule has 0 atom stereocenters. The summed E-state index contributed by atoms with van der Waals surface area (Å²) in [5.41, 5.74) is 4.25. The van der Waals surface area contributed by atoms with Crippen molar-refractivity contribution in [2.24, 2.45) is 11.8 Å². The average molecular weight is 478 g/mol. The molecule has 0 bridgehead atoms. The summed E-state index contributed by atoms with van der Waals surface area (Å²) in [5.74, 6) is 1.52. The van der Waals surface area contributed by atoms with Gasteiger partial charge in [0, 0.05) is 24.0 Å². The van der Waals surface area contributed by atoms with Gasteiger partial charge in [0.1, 0.15) is 0 Å². The van der Waals surface area contributed by atoms with E-state index in [1.807, 2.05) is 19.9 Å². The molecule has 34 heavy (non-hydrogen) atoms. The van der Waals surface area contributed by atoms with Crippen LogP contribution < -0.4 is 0 Å². The van der Waals surface area contributed by atoms with Gasteiger partial charge in [-0.3, -0.25) is 0 Å². The zero-order chi connectivity index (χ0) is 27.0. The van der Waals surface area contributed by atoms with E-state index in [1.165, 1.54) is 11.3 Å². The average Bonchev–Trinajstić information content (AvgIpc) is 3.05. The molecule has 0 amide bonds. The second-order valence-electron chi connectivity index (χ2n) is 10.6. The number of allylic oxidation sites excluding steroid dienone is 4. The van der Waals surface area contributed by atoms with E-state index >= 15 is 0 Å². The normalized spacial score (nSPS) is 11.1. The molecule has 0 aliphatic heterocycles. The van der Waals surface area contributed by atoms with Gasteiger partial charge < -0.3 is 14.0 Å². The van der Waals surface area contributed by atoms with E-state index in [4.69, 9.17) is 9.47 Å². The zero-order valence-electron chi connectivity index (χ0n) is 24.8. The molecular weight excluding hydrogens is 422 g/mol. The molecule has 0 spiro atoms. The molecule has 0 saturated carbocycles. The van der Waals surface area contributed by atoms with Crippen LogP contribution in [0.2, 0.25) is 0 Å². The van der Waals surface area contributed by atoms with Crippen molar-refractivity contribution in [3.63, 3.8) is 0 Å². The maximum Gasteiger partial charge on any atom is 0.339 e. The highest BCUT2D eigenvalue weighted by molar-refractivity contribution is 5.91. The SMILES string of the molecule is CC(C)=C/C=C/C(C)C.CC(C)COC(C)C.CCOC(=O)c1cc(C(C)C)n(C(C)C)c1C. The van der Waals surface area contributed by atoms with Crippen molar-refractivity contribution in [2.75, 3.05) is 13.2 Å². The summed E-state index contributed by atoms with van der Waals surface area (Å²) in [6.45, 7) is 30.6. The number of carbonyl (C=O) groups excluding carboxylic acids is 1. The van der Waals surface area contributed by atoms with Crippen molar-refractivity contribution < 1.29 is 14.3 Å². The summed E-state index contributed by atoms with van der Waals surface area (Å²) in [6.07, 6.45) is 6.81. The first kappa shape index (κ1) is 34.4. The minimum atomic E-state index is -0.216. The third kappa shape index (κ3) is 15.9. The van der Waals surface area contributed by atoms with Gasteiger partial charge in [0.15, 0.2) is 0 Å². The Hall–Kier alpha value is -1.81. The van der Waals surface area contributed by atoms with Crippen LogP contribution in [0.4, 0.5) is 0 Å². The van der Waals surface area contributed by atoms with Crippen LogP contribution in [0.15, 0.2) is 29.9 Å². The van der Waals surface area contributed by atoms with E-state index in [1.54, 1.807) is 0 Å². The standard InChI is InChI=1S/C14H23NO2.C9H16.C7H16O/c1-7-17-14(16)12-8-13(9(2)3)15(10(4)5)11(12)6;1-8(2)6-5-7-9(3)4;1-6(2)5-8-7(3)4/h8-10H,7H2,1-6H3;5-8H,1-4H3;6-7H,5H2,1-4H3/b;6-5+;.